The summed E-state index contributed by atoms with van der Waals surface area (Å²) in [5, 5.41) is 409. The lowest BCUT2D eigenvalue weighted by Gasteiger charge is -2.51. The minimum absolute atomic E-state index is 0.864. The number of carboxylic acid groups (broad SMARTS) is 4. The number of aliphatic carboxylic acids is 4. The second-order valence-electron chi connectivity index (χ2n) is 36.6. The average molecular weight is 2120 g/mol. The van der Waals surface area contributed by atoms with Gasteiger partial charge in [0, 0.05) is 0 Å². The number of aliphatic hydroxyl groups excluding tert-OH is 33. The van der Waals surface area contributed by atoms with Crippen LogP contribution in [0.2, 0.25) is 0 Å². The number of carboxylic acids is 4. The van der Waals surface area contributed by atoms with E-state index in [1.54, 1.807) is 0 Å². The Morgan fingerprint density at radius 2 is 0.389 bits per heavy atom. The molecule has 66 heteroatoms. The summed E-state index contributed by atoms with van der Waals surface area (Å²) in [7, 11) is 0. The zero-order valence-electron chi connectivity index (χ0n) is 75.4. The number of hydrogen-bond acceptors (Lipinski definition) is 62. The van der Waals surface area contributed by atoms with Crippen LogP contribution in [0.3, 0.4) is 0 Å². The highest BCUT2D eigenvalue weighted by Gasteiger charge is 2.65. The van der Waals surface area contributed by atoms with E-state index in [0.717, 1.165) is 20.8 Å². The summed E-state index contributed by atoms with van der Waals surface area (Å²) >= 11 is 0. The van der Waals surface area contributed by atoms with Gasteiger partial charge in [-0.05, 0) is 27.7 Å². The van der Waals surface area contributed by atoms with Crippen LogP contribution in [0, 0.1) is 0 Å². The molecule has 0 saturated carbocycles. The zero-order chi connectivity index (χ0) is 106. The maximum Gasteiger partial charge on any atom is 0.335 e. The molecular formula is C78H124O66. The van der Waals surface area contributed by atoms with Crippen molar-refractivity contribution in [3.8, 4) is 0 Å². The van der Waals surface area contributed by atoms with Crippen molar-refractivity contribution in [2.45, 2.75) is 427 Å². The number of aliphatic hydroxyl groups is 33. The van der Waals surface area contributed by atoms with Gasteiger partial charge in [0.2, 0.25) is 0 Å². The monoisotopic (exact) mass is 2120 g/mol. The molecule has 65 atom stereocenters. The first kappa shape index (κ1) is 117. The van der Waals surface area contributed by atoms with Crippen molar-refractivity contribution < 1.29 is 327 Å². The van der Waals surface area contributed by atoms with Gasteiger partial charge in [-0.15, -0.1) is 0 Å². The Kier molecular flexibility index (Phi) is 39.3. The van der Waals surface area contributed by atoms with Crippen molar-refractivity contribution in [3.05, 3.63) is 0 Å². The molecule has 144 heavy (non-hydrogen) atoms. The summed E-state index contributed by atoms with van der Waals surface area (Å²) < 4.78 is 142. The van der Waals surface area contributed by atoms with Crippen LogP contribution in [-0.4, -0.2) is 645 Å². The van der Waals surface area contributed by atoms with Gasteiger partial charge in [0.25, 0.3) is 0 Å². The molecule has 13 fully saturated rings. The summed E-state index contributed by atoms with van der Waals surface area (Å²) in [6, 6.07) is 0. The first-order valence-corrected chi connectivity index (χ1v) is 45.1. The van der Waals surface area contributed by atoms with Crippen molar-refractivity contribution in [1.29, 1.82) is 0 Å². The lowest BCUT2D eigenvalue weighted by atomic mass is 9.94. The third-order valence-corrected chi connectivity index (χ3v) is 26.9. The minimum atomic E-state index is -2.86. The van der Waals surface area contributed by atoms with E-state index in [1.807, 2.05) is 0 Å². The molecule has 0 aromatic carbocycles. The fraction of sp³-hybridized carbons (Fsp3) is 0.949. The van der Waals surface area contributed by atoms with Crippen LogP contribution in [0.4, 0.5) is 0 Å². The van der Waals surface area contributed by atoms with E-state index in [1.165, 1.54) is 6.92 Å². The summed E-state index contributed by atoms with van der Waals surface area (Å²) in [5.74, 6) is -8.57. The van der Waals surface area contributed by atoms with Gasteiger partial charge >= 0.3 is 23.9 Å². The quantitative estimate of drug-likeness (QED) is 0.0290. The van der Waals surface area contributed by atoms with Crippen LogP contribution < -0.4 is 0 Å². The molecular weight excluding hydrogens is 1990 g/mol. The lowest BCUT2D eigenvalue weighted by Crippen LogP contribution is -2.69. The molecule has 13 aliphatic heterocycles. The molecule has 66 nitrogen and oxygen atoms in total. The molecule has 0 aliphatic carbocycles. The second-order valence-corrected chi connectivity index (χ2v) is 36.6. The predicted molar refractivity (Wildman–Crippen MR) is 424 cm³/mol. The van der Waals surface area contributed by atoms with E-state index in [9.17, 15) is 208 Å². The molecule has 832 valence electrons. The van der Waals surface area contributed by atoms with Gasteiger partial charge in [-0.2, -0.15) is 0 Å². The van der Waals surface area contributed by atoms with Crippen molar-refractivity contribution >= 4 is 23.9 Å². The van der Waals surface area contributed by atoms with Gasteiger partial charge in [-0.3, -0.25) is 0 Å². The van der Waals surface area contributed by atoms with E-state index in [0.29, 0.717) is 0 Å². The Balaban J connectivity index is 0.735. The Hall–Kier alpha value is -4.44. The van der Waals surface area contributed by atoms with Crippen LogP contribution in [-0.2, 0) is 138 Å². The Labute approximate surface area is 808 Å². The second kappa shape index (κ2) is 48.5. The van der Waals surface area contributed by atoms with Crippen LogP contribution in [0.1, 0.15) is 27.7 Å². The lowest BCUT2D eigenvalue weighted by molar-refractivity contribution is -0.411. The predicted octanol–water partition coefficient (Wildman–Crippen LogP) is -24.9. The molecule has 0 aromatic rings. The van der Waals surface area contributed by atoms with Gasteiger partial charge < -0.3 is 307 Å². The highest BCUT2D eigenvalue weighted by atomic mass is 16.8. The normalized spacial score (nSPS) is 53.7. The highest BCUT2D eigenvalue weighted by molar-refractivity contribution is 5.75. The minimum Gasteiger partial charge on any atom is -0.479 e. The van der Waals surface area contributed by atoms with Gasteiger partial charge in [0.05, 0.1) is 57.5 Å². The molecule has 13 rings (SSSR count). The van der Waals surface area contributed by atoms with Crippen LogP contribution in [0.5, 0.6) is 0 Å². The molecule has 13 aliphatic rings. The molecule has 0 bridgehead atoms. The maximum absolute atomic E-state index is 13.7. The highest BCUT2D eigenvalue weighted by Crippen LogP contribution is 2.44. The van der Waals surface area contributed by atoms with E-state index in [2.05, 4.69) is 0 Å². The first-order chi connectivity index (χ1) is 67.7. The van der Waals surface area contributed by atoms with Gasteiger partial charge in [-0.25, -0.2) is 19.2 Å². The SMILES string of the molecule is C[C@@H]1O[C@H](O[C@@H]2[C@H](O)[C@@H](O)[C@@H](O[C@@H]3[C@H](O)[C@@H](O[C@@H]4O[C@H](CO[C@@H]5O[C@H](CO)[C@H](O)[C@H](O)[C@H]5O)[C@H](O)[C@H](O)[C@H]4O)[C@H](C)O[C@@H]3O)O[C@@H]2C(=O)O)[C@H](O[C@H]2O[C@H](C(=O)O)[C@H](O[C@H]3O[C@@H](C)[C@H](O[C@@H]4O[C@H](CO[C@@H]5O[C@H](CO)[C@H](O)[C@H](O)[C@H]5O)[C@H](O)[C@H](O)[C@H]4O)[C@@H](O)[C@H]3O[C@H]3O[C@H](C(=O)O)[C@H](O[C@H]4O[C@@H](C)[C@H](O[C@@H]5O[C@H](CO)[C@H](O)[C@H](O)[C@H]5O)[C@@H](O)[C@@H]4O[C@H]4O[C@H](C(=O)O)[C@H](O)[C@H](O)[C@H]4O)[C@H](O)[C@H]3O)[C@H](O)[C@H]2O)[C@H](O)[C@H]1O. The van der Waals surface area contributed by atoms with E-state index in [4.69, 9.17) is 118 Å². The van der Waals surface area contributed by atoms with Gasteiger partial charge in [0.15, 0.2) is 106 Å². The maximum atomic E-state index is 13.7. The van der Waals surface area contributed by atoms with Crippen molar-refractivity contribution in [2.24, 2.45) is 0 Å². The summed E-state index contributed by atoms with van der Waals surface area (Å²) in [4.78, 5) is 52.8. The topological polar surface area (TPSA) is 1050 Å². The van der Waals surface area contributed by atoms with Crippen LogP contribution >= 0.6 is 0 Å². The fourth-order valence-corrected chi connectivity index (χ4v) is 18.4. The number of carbonyl (C=O) groups is 4. The molecule has 13 heterocycles. The fourth-order valence-electron chi connectivity index (χ4n) is 18.4. The van der Waals surface area contributed by atoms with Crippen molar-refractivity contribution in [1.82, 2.24) is 0 Å². The molecule has 0 unspecified atom stereocenters. The third-order valence-electron chi connectivity index (χ3n) is 26.9. The standard InChI is InChI=1S/C78H124O66/c1-10-19(82)31(94)56(76(123-10)134-51-33(96)42(105)73(142-59(51)63(113)114)138-55-45(108)48(11(2)122-66(55)119)131-70-39(102)28(91)23(86)17(129-70)8-120-67-36(99)25(88)20(83)14(5-79)126-67)139-74-43(106)34(97)52(60(143-74)64(115)116)136-78-58(47(110)50(13(4)125-78)133-71-40(103)29(92)24(87)18(130-71)9-121-68-37(100)26(89)21(84)15(6-80)127-68)141-75-44(107)35(98)53(61(144-75)65(117)118)135-77-57(140-72-41(104)30(93)32(95)54(137-72)62(111)112)46(109)49(12(3)124-77)132-69-38(101)27(90)22(85)16(7-81)128-69/h10-61,66-110,119H,5-9H2,1-4H3,(H,111,112)(H,113,114)(H,115,116)(H,117,118)/t10-,11-,12-,13-,14+,15+,16+,17+,18+,19-,20-,21-,22-,23-,24-,25-,26-,27-,28-,29-,30-,31+,32+,33+,34+,35+,36+,37+,38+,39+,40+,41+,42+,43+,44+,45+,46+,47+,48-,49-,50-,51+,52+,53+,54-,55+,56+,57-,58+,59-,60-,61-,66-,67+,68+,69-,70-,71-,72+,73-,74-,75-,76+,77+,78+/m0/s1. The number of rotatable bonds is 33. The number of ether oxygens (including phenoxy) is 25. The molecule has 13 saturated heterocycles. The largest absolute Gasteiger partial charge is 0.479 e. The molecule has 0 aromatic heterocycles. The number of hydrogen-bond donors (Lipinski definition) is 37. The molecule has 0 amide bonds. The van der Waals surface area contributed by atoms with Crippen molar-refractivity contribution in [3.63, 3.8) is 0 Å². The van der Waals surface area contributed by atoms with E-state index in [-0.39, 0.29) is 0 Å². The summed E-state index contributed by atoms with van der Waals surface area (Å²) in [6.07, 6.45) is -148. The van der Waals surface area contributed by atoms with Gasteiger partial charge in [0.1, 0.15) is 269 Å². The Bertz CT molecular complexity index is 4090. The van der Waals surface area contributed by atoms with Gasteiger partial charge in [-0.1, -0.05) is 0 Å². The van der Waals surface area contributed by atoms with Crippen LogP contribution in [0.25, 0.3) is 0 Å². The van der Waals surface area contributed by atoms with E-state index < -0.39 is 456 Å². The van der Waals surface area contributed by atoms with E-state index >= 15 is 0 Å². The van der Waals surface area contributed by atoms with Crippen molar-refractivity contribution in [2.75, 3.05) is 33.0 Å². The molecule has 0 spiro atoms. The smallest absolute Gasteiger partial charge is 0.335 e. The molecule has 37 N–H and O–H groups in total. The van der Waals surface area contributed by atoms with Crippen LogP contribution in [0.15, 0.2) is 0 Å². The average Bonchev–Trinajstić information content (AvgIpc) is 0.756. The third kappa shape index (κ3) is 23.9. The zero-order valence-corrected chi connectivity index (χ0v) is 75.4. The first-order valence-electron chi connectivity index (χ1n) is 45.1. The Morgan fingerprint density at radius 3 is 0.694 bits per heavy atom. The summed E-state index contributed by atoms with van der Waals surface area (Å²) in [5.41, 5.74) is 0. The Morgan fingerprint density at radius 1 is 0.181 bits per heavy atom. The molecule has 0 radical (unpaired) electrons. The summed E-state index contributed by atoms with van der Waals surface area (Å²) in [6.45, 7) is -0.455.